The SMILES string of the molecule is Cc1cc(C(=O)NNC(=O)/C=C/c2ccc(OCc3ccccn3)cc2)c(C)o1. The Balaban J connectivity index is 1.47. The third-order valence-electron chi connectivity index (χ3n) is 4.00. The number of rotatable bonds is 6. The average molecular weight is 391 g/mol. The fraction of sp³-hybridized carbons (Fsp3) is 0.136. The van der Waals surface area contributed by atoms with Crippen molar-refractivity contribution in [3.63, 3.8) is 0 Å². The Morgan fingerprint density at radius 3 is 2.55 bits per heavy atom. The molecule has 0 aliphatic carbocycles. The molecule has 2 N–H and O–H groups in total. The fourth-order valence-corrected chi connectivity index (χ4v) is 2.57. The molecule has 7 heteroatoms. The molecule has 0 radical (unpaired) electrons. The van der Waals surface area contributed by atoms with Crippen molar-refractivity contribution in [1.82, 2.24) is 15.8 Å². The summed E-state index contributed by atoms with van der Waals surface area (Å²) in [7, 11) is 0. The molecule has 2 heterocycles. The van der Waals surface area contributed by atoms with Crippen molar-refractivity contribution in [3.8, 4) is 5.75 Å². The highest BCUT2D eigenvalue weighted by atomic mass is 16.5. The summed E-state index contributed by atoms with van der Waals surface area (Å²) < 4.78 is 11.0. The van der Waals surface area contributed by atoms with Gasteiger partial charge in [-0.25, -0.2) is 0 Å². The van der Waals surface area contributed by atoms with Crippen LogP contribution < -0.4 is 15.6 Å². The van der Waals surface area contributed by atoms with Crippen molar-refractivity contribution in [2.75, 3.05) is 0 Å². The minimum atomic E-state index is -0.452. The number of aryl methyl sites for hydroxylation is 2. The summed E-state index contributed by atoms with van der Waals surface area (Å²) in [6, 6.07) is 14.5. The molecule has 0 bridgehead atoms. The van der Waals surface area contributed by atoms with Gasteiger partial charge in [0.1, 0.15) is 23.9 Å². The Morgan fingerprint density at radius 2 is 1.90 bits per heavy atom. The minimum Gasteiger partial charge on any atom is -0.487 e. The van der Waals surface area contributed by atoms with Crippen molar-refractivity contribution >= 4 is 17.9 Å². The second-order valence-electron chi connectivity index (χ2n) is 6.28. The van der Waals surface area contributed by atoms with E-state index >= 15 is 0 Å². The van der Waals surface area contributed by atoms with Gasteiger partial charge in [0.2, 0.25) is 0 Å². The maximum atomic E-state index is 12.0. The number of hydrogen-bond acceptors (Lipinski definition) is 5. The summed E-state index contributed by atoms with van der Waals surface area (Å²) in [5.41, 5.74) is 6.74. The normalized spacial score (nSPS) is 10.7. The monoisotopic (exact) mass is 391 g/mol. The van der Waals surface area contributed by atoms with Crippen LogP contribution in [0, 0.1) is 13.8 Å². The third-order valence-corrected chi connectivity index (χ3v) is 4.00. The van der Waals surface area contributed by atoms with Crippen LogP contribution in [0.4, 0.5) is 0 Å². The number of hydrazine groups is 1. The molecule has 0 aliphatic heterocycles. The van der Waals surface area contributed by atoms with Crippen LogP contribution in [0.2, 0.25) is 0 Å². The van der Waals surface area contributed by atoms with E-state index in [4.69, 9.17) is 9.15 Å². The molecule has 0 spiro atoms. The van der Waals surface area contributed by atoms with Crippen LogP contribution in [0.3, 0.4) is 0 Å². The van der Waals surface area contributed by atoms with E-state index in [0.29, 0.717) is 29.4 Å². The summed E-state index contributed by atoms with van der Waals surface area (Å²) in [6.45, 7) is 3.82. The highest BCUT2D eigenvalue weighted by Crippen LogP contribution is 2.15. The third kappa shape index (κ3) is 5.80. The van der Waals surface area contributed by atoms with Crippen LogP contribution in [-0.4, -0.2) is 16.8 Å². The Labute approximate surface area is 168 Å². The molecular formula is C22H21N3O4. The maximum Gasteiger partial charge on any atom is 0.273 e. The number of pyridine rings is 1. The molecule has 0 unspecified atom stereocenters. The summed E-state index contributed by atoms with van der Waals surface area (Å²) >= 11 is 0. The van der Waals surface area contributed by atoms with Crippen molar-refractivity contribution in [1.29, 1.82) is 0 Å². The quantitative estimate of drug-likeness (QED) is 0.497. The molecule has 0 fully saturated rings. The predicted octanol–water partition coefficient (Wildman–Crippen LogP) is 3.34. The Hall–Kier alpha value is -3.87. The first-order chi connectivity index (χ1) is 14.0. The number of hydrogen-bond donors (Lipinski definition) is 2. The molecule has 1 aromatic carbocycles. The van der Waals surface area contributed by atoms with Crippen molar-refractivity contribution in [3.05, 3.63) is 89.1 Å². The van der Waals surface area contributed by atoms with E-state index in [2.05, 4.69) is 15.8 Å². The number of furan rings is 1. The van der Waals surface area contributed by atoms with Crippen LogP contribution >= 0.6 is 0 Å². The van der Waals surface area contributed by atoms with E-state index in [1.165, 1.54) is 6.08 Å². The standard InChI is InChI=1S/C22H21N3O4/c1-15-13-20(16(2)29-15)22(27)25-24-21(26)11-8-17-6-9-19(10-7-17)28-14-18-5-3-4-12-23-18/h3-13H,14H2,1-2H3,(H,24,26)(H,25,27)/b11-8+. The smallest absolute Gasteiger partial charge is 0.273 e. The molecule has 2 aromatic heterocycles. The zero-order chi connectivity index (χ0) is 20.6. The lowest BCUT2D eigenvalue weighted by Crippen LogP contribution is -2.40. The highest BCUT2D eigenvalue weighted by Gasteiger charge is 2.13. The van der Waals surface area contributed by atoms with E-state index in [0.717, 1.165) is 11.3 Å². The second kappa shape index (κ2) is 9.36. The van der Waals surface area contributed by atoms with Crippen LogP contribution in [-0.2, 0) is 11.4 Å². The number of carbonyl (C=O) groups excluding carboxylic acids is 2. The molecule has 0 aliphatic rings. The lowest BCUT2D eigenvalue weighted by Gasteiger charge is -2.06. The predicted molar refractivity (Wildman–Crippen MR) is 108 cm³/mol. The molecule has 148 valence electrons. The number of aromatic nitrogens is 1. The topological polar surface area (TPSA) is 93.5 Å². The lowest BCUT2D eigenvalue weighted by atomic mass is 10.2. The van der Waals surface area contributed by atoms with E-state index in [-0.39, 0.29) is 0 Å². The van der Waals surface area contributed by atoms with Gasteiger partial charge in [-0.2, -0.15) is 0 Å². The zero-order valence-corrected chi connectivity index (χ0v) is 16.1. The number of carbonyl (C=O) groups is 2. The molecule has 0 saturated heterocycles. The summed E-state index contributed by atoms with van der Waals surface area (Å²) in [6.07, 6.45) is 4.69. The Bertz CT molecular complexity index is 1010. The second-order valence-corrected chi connectivity index (χ2v) is 6.28. The van der Waals surface area contributed by atoms with E-state index in [1.807, 2.05) is 42.5 Å². The van der Waals surface area contributed by atoms with Crippen LogP contribution in [0.1, 0.15) is 33.1 Å². The van der Waals surface area contributed by atoms with Gasteiger partial charge >= 0.3 is 0 Å². The van der Waals surface area contributed by atoms with E-state index in [9.17, 15) is 9.59 Å². The number of nitrogens with zero attached hydrogens (tertiary/aromatic N) is 1. The van der Waals surface area contributed by atoms with Gasteiger partial charge in [-0.15, -0.1) is 0 Å². The zero-order valence-electron chi connectivity index (χ0n) is 16.1. The molecule has 29 heavy (non-hydrogen) atoms. The Morgan fingerprint density at radius 1 is 1.10 bits per heavy atom. The summed E-state index contributed by atoms with van der Waals surface area (Å²) in [4.78, 5) is 28.1. The number of ether oxygens (including phenoxy) is 1. The fourth-order valence-electron chi connectivity index (χ4n) is 2.57. The number of benzene rings is 1. The van der Waals surface area contributed by atoms with Gasteiger partial charge in [-0.3, -0.25) is 25.4 Å². The molecule has 0 atom stereocenters. The molecule has 2 amide bonds. The van der Waals surface area contributed by atoms with Gasteiger partial charge < -0.3 is 9.15 Å². The van der Waals surface area contributed by atoms with Gasteiger partial charge in [0.15, 0.2) is 0 Å². The van der Waals surface area contributed by atoms with Crippen molar-refractivity contribution in [2.45, 2.75) is 20.5 Å². The van der Waals surface area contributed by atoms with Crippen molar-refractivity contribution in [2.24, 2.45) is 0 Å². The molecular weight excluding hydrogens is 370 g/mol. The minimum absolute atomic E-state index is 0.382. The molecule has 0 saturated carbocycles. The van der Waals surface area contributed by atoms with Gasteiger partial charge in [0, 0.05) is 12.3 Å². The Kier molecular flexibility index (Phi) is 6.42. The van der Waals surface area contributed by atoms with Crippen LogP contribution in [0.5, 0.6) is 5.75 Å². The molecule has 3 aromatic rings. The summed E-state index contributed by atoms with van der Waals surface area (Å²) in [5, 5.41) is 0. The van der Waals surface area contributed by atoms with Crippen LogP contribution in [0.15, 0.2) is 65.2 Å². The van der Waals surface area contributed by atoms with Gasteiger partial charge in [-0.05, 0) is 55.8 Å². The average Bonchev–Trinajstić information content (AvgIpc) is 3.08. The first kappa shape index (κ1) is 19.9. The lowest BCUT2D eigenvalue weighted by molar-refractivity contribution is -0.117. The number of nitrogens with one attached hydrogen (secondary N) is 2. The van der Waals surface area contributed by atoms with E-state index in [1.54, 1.807) is 32.2 Å². The highest BCUT2D eigenvalue weighted by molar-refractivity contribution is 5.98. The maximum absolute atomic E-state index is 12.0. The van der Waals surface area contributed by atoms with Gasteiger partial charge in [-0.1, -0.05) is 18.2 Å². The number of amides is 2. The van der Waals surface area contributed by atoms with E-state index < -0.39 is 11.8 Å². The van der Waals surface area contributed by atoms with Crippen LogP contribution in [0.25, 0.3) is 6.08 Å². The first-order valence-corrected chi connectivity index (χ1v) is 8.99. The molecule has 3 rings (SSSR count). The van der Waals surface area contributed by atoms with Gasteiger partial charge in [0.05, 0.1) is 11.3 Å². The summed E-state index contributed by atoms with van der Waals surface area (Å²) in [5.74, 6) is 0.943. The molecule has 7 nitrogen and oxygen atoms in total. The van der Waals surface area contributed by atoms with Crippen molar-refractivity contribution < 1.29 is 18.7 Å². The van der Waals surface area contributed by atoms with Gasteiger partial charge in [0.25, 0.3) is 11.8 Å². The first-order valence-electron chi connectivity index (χ1n) is 8.99. The largest absolute Gasteiger partial charge is 0.487 e.